The van der Waals surface area contributed by atoms with E-state index in [1.807, 2.05) is 0 Å². The fourth-order valence-corrected chi connectivity index (χ4v) is 3.24. The molecule has 1 aromatic carbocycles. The Hall–Kier alpha value is -3.87. The molecule has 2 amide bonds. The summed E-state index contributed by atoms with van der Waals surface area (Å²) in [5, 5.41) is 11.9. The second-order valence-corrected chi connectivity index (χ2v) is 6.90. The van der Waals surface area contributed by atoms with Gasteiger partial charge < -0.3 is 15.0 Å². The van der Waals surface area contributed by atoms with E-state index in [1.54, 1.807) is 24.3 Å². The molecule has 0 bridgehead atoms. The number of hydrogen-bond acceptors (Lipinski definition) is 6. The number of carbonyl (C=O) groups is 3. The summed E-state index contributed by atoms with van der Waals surface area (Å²) in [6.07, 6.45) is 3.45. The Morgan fingerprint density at radius 2 is 2.16 bits per heavy atom. The van der Waals surface area contributed by atoms with Crippen LogP contribution in [0, 0.1) is 11.3 Å². The SMILES string of the molecule is COC(=O)/C=C/c1ccc2nccc(C(=O)NCC(=O)N3CC(F)(F)CC3C#N)c2c1. The quantitative estimate of drug-likeness (QED) is 0.575. The molecule has 1 N–H and O–H groups in total. The van der Waals surface area contributed by atoms with Crippen LogP contribution < -0.4 is 5.32 Å². The lowest BCUT2D eigenvalue weighted by Gasteiger charge is -2.19. The molecule has 2 heterocycles. The Bertz CT molecular complexity index is 1110. The van der Waals surface area contributed by atoms with Crippen molar-refractivity contribution in [1.29, 1.82) is 5.26 Å². The van der Waals surface area contributed by atoms with E-state index in [-0.39, 0.29) is 5.56 Å². The van der Waals surface area contributed by atoms with Gasteiger partial charge in [0.15, 0.2) is 0 Å². The van der Waals surface area contributed by atoms with E-state index in [0.29, 0.717) is 16.5 Å². The van der Waals surface area contributed by atoms with Crippen LogP contribution in [0.2, 0.25) is 0 Å². The Balaban J connectivity index is 1.76. The molecule has 1 aromatic heterocycles. The molecule has 0 spiro atoms. The number of aromatic nitrogens is 1. The number of amides is 2. The van der Waals surface area contributed by atoms with E-state index in [0.717, 1.165) is 4.90 Å². The zero-order valence-electron chi connectivity index (χ0n) is 16.5. The Labute approximate surface area is 176 Å². The number of methoxy groups -OCH3 is 1. The predicted octanol–water partition coefficient (Wildman–Crippen LogP) is 1.91. The number of alkyl halides is 2. The highest BCUT2D eigenvalue weighted by Gasteiger charge is 2.47. The average Bonchev–Trinajstić information content (AvgIpc) is 3.09. The first-order chi connectivity index (χ1) is 14.7. The van der Waals surface area contributed by atoms with Crippen molar-refractivity contribution >= 4 is 34.8 Å². The van der Waals surface area contributed by atoms with Crippen LogP contribution in [0.3, 0.4) is 0 Å². The van der Waals surface area contributed by atoms with Crippen LogP contribution in [0.25, 0.3) is 17.0 Å². The molecule has 1 saturated heterocycles. The minimum Gasteiger partial charge on any atom is -0.466 e. The number of benzene rings is 1. The molecule has 0 aliphatic carbocycles. The summed E-state index contributed by atoms with van der Waals surface area (Å²) in [5.41, 5.74) is 1.35. The van der Waals surface area contributed by atoms with E-state index < -0.39 is 49.3 Å². The lowest BCUT2D eigenvalue weighted by atomic mass is 10.0. The van der Waals surface area contributed by atoms with Gasteiger partial charge in [-0.15, -0.1) is 0 Å². The Morgan fingerprint density at radius 1 is 1.39 bits per heavy atom. The summed E-state index contributed by atoms with van der Waals surface area (Å²) in [6, 6.07) is 6.93. The maximum atomic E-state index is 13.5. The van der Waals surface area contributed by atoms with Gasteiger partial charge in [0.25, 0.3) is 11.8 Å². The van der Waals surface area contributed by atoms with Crippen molar-refractivity contribution in [3.05, 3.63) is 47.7 Å². The number of hydrogen-bond donors (Lipinski definition) is 1. The van der Waals surface area contributed by atoms with Gasteiger partial charge in [-0.05, 0) is 29.8 Å². The molecule has 1 aliphatic heterocycles. The Kier molecular flexibility index (Phi) is 6.25. The van der Waals surface area contributed by atoms with E-state index in [9.17, 15) is 23.2 Å². The van der Waals surface area contributed by atoms with Crippen LogP contribution >= 0.6 is 0 Å². The normalized spacial score (nSPS) is 17.5. The van der Waals surface area contributed by atoms with Crippen molar-refractivity contribution in [1.82, 2.24) is 15.2 Å². The zero-order valence-corrected chi connectivity index (χ0v) is 16.5. The van der Waals surface area contributed by atoms with Crippen molar-refractivity contribution < 1.29 is 27.9 Å². The highest BCUT2D eigenvalue weighted by Crippen LogP contribution is 2.31. The van der Waals surface area contributed by atoms with Gasteiger partial charge in [-0.2, -0.15) is 5.26 Å². The number of likely N-dealkylation sites (tertiary alicyclic amines) is 1. The average molecular weight is 428 g/mol. The lowest BCUT2D eigenvalue weighted by molar-refractivity contribution is -0.134. The lowest BCUT2D eigenvalue weighted by Crippen LogP contribution is -2.43. The minimum atomic E-state index is -3.13. The molecule has 1 atom stereocenters. The molecule has 1 fully saturated rings. The third-order valence-corrected chi connectivity index (χ3v) is 4.76. The first kappa shape index (κ1) is 21.8. The number of ether oxygens (including phenoxy) is 1. The first-order valence-electron chi connectivity index (χ1n) is 9.24. The largest absolute Gasteiger partial charge is 0.466 e. The number of nitriles is 1. The number of fused-ring (bicyclic) bond motifs is 1. The number of nitrogens with one attached hydrogen (secondary N) is 1. The van der Waals surface area contributed by atoms with Crippen molar-refractivity contribution in [3.8, 4) is 6.07 Å². The third kappa shape index (κ3) is 5.01. The molecule has 2 aromatic rings. The summed E-state index contributed by atoms with van der Waals surface area (Å²) in [7, 11) is 1.25. The molecule has 8 nitrogen and oxygen atoms in total. The van der Waals surface area contributed by atoms with Gasteiger partial charge in [0.2, 0.25) is 5.91 Å². The number of pyridine rings is 1. The van der Waals surface area contributed by atoms with Gasteiger partial charge >= 0.3 is 5.97 Å². The number of nitrogens with zero attached hydrogens (tertiary/aromatic N) is 3. The fraction of sp³-hybridized carbons (Fsp3) is 0.286. The molecular formula is C21H18F2N4O4. The van der Waals surface area contributed by atoms with Gasteiger partial charge in [-0.3, -0.25) is 14.6 Å². The third-order valence-electron chi connectivity index (χ3n) is 4.76. The van der Waals surface area contributed by atoms with Gasteiger partial charge in [0.1, 0.15) is 6.04 Å². The number of rotatable bonds is 5. The molecule has 0 radical (unpaired) electrons. The van der Waals surface area contributed by atoms with Gasteiger partial charge in [-0.25, -0.2) is 13.6 Å². The highest BCUT2D eigenvalue weighted by atomic mass is 19.3. The molecule has 160 valence electrons. The summed E-state index contributed by atoms with van der Waals surface area (Å²) < 4.78 is 31.6. The smallest absolute Gasteiger partial charge is 0.330 e. The Morgan fingerprint density at radius 3 is 2.87 bits per heavy atom. The van der Waals surface area contributed by atoms with Crippen molar-refractivity contribution in [2.75, 3.05) is 20.2 Å². The summed E-state index contributed by atoms with van der Waals surface area (Å²) >= 11 is 0. The van der Waals surface area contributed by atoms with E-state index in [1.165, 1.54) is 31.5 Å². The molecule has 1 aliphatic rings. The van der Waals surface area contributed by atoms with E-state index in [2.05, 4.69) is 15.0 Å². The van der Waals surface area contributed by atoms with Crippen molar-refractivity contribution in [2.45, 2.75) is 18.4 Å². The second-order valence-electron chi connectivity index (χ2n) is 6.90. The second kappa shape index (κ2) is 8.87. The molecule has 31 heavy (non-hydrogen) atoms. The van der Waals surface area contributed by atoms with E-state index >= 15 is 0 Å². The summed E-state index contributed by atoms with van der Waals surface area (Å²) in [4.78, 5) is 41.2. The molecule has 10 heteroatoms. The highest BCUT2D eigenvalue weighted by molar-refractivity contribution is 6.07. The van der Waals surface area contributed by atoms with Gasteiger partial charge in [0.05, 0.1) is 37.3 Å². The maximum absolute atomic E-state index is 13.5. The summed E-state index contributed by atoms with van der Waals surface area (Å²) in [5.74, 6) is -5.03. The molecular weight excluding hydrogens is 410 g/mol. The van der Waals surface area contributed by atoms with Crippen LogP contribution in [0.15, 0.2) is 36.5 Å². The van der Waals surface area contributed by atoms with Crippen LogP contribution in [-0.4, -0.2) is 59.8 Å². The van der Waals surface area contributed by atoms with Crippen molar-refractivity contribution in [2.24, 2.45) is 0 Å². The standard InChI is InChI=1S/C21H18F2N4O4/c1-31-19(29)5-3-13-2-4-17-16(8-13)15(6-7-25-17)20(30)26-11-18(28)27-12-21(22,23)9-14(27)10-24/h2-8,14H,9,11-12H2,1H3,(H,26,30)/b5-3+. The zero-order chi connectivity index (χ0) is 22.6. The molecule has 1 unspecified atom stereocenters. The maximum Gasteiger partial charge on any atom is 0.330 e. The number of carbonyl (C=O) groups excluding carboxylic acids is 3. The van der Waals surface area contributed by atoms with Crippen LogP contribution in [-0.2, 0) is 14.3 Å². The minimum absolute atomic E-state index is 0.217. The monoisotopic (exact) mass is 428 g/mol. The van der Waals surface area contributed by atoms with Crippen LogP contribution in [0.4, 0.5) is 8.78 Å². The van der Waals surface area contributed by atoms with Crippen LogP contribution in [0.1, 0.15) is 22.3 Å². The van der Waals surface area contributed by atoms with E-state index in [4.69, 9.17) is 5.26 Å². The van der Waals surface area contributed by atoms with Crippen LogP contribution in [0.5, 0.6) is 0 Å². The number of halogens is 2. The topological polar surface area (TPSA) is 112 Å². The fourth-order valence-electron chi connectivity index (χ4n) is 3.24. The predicted molar refractivity (Wildman–Crippen MR) is 106 cm³/mol. The van der Waals surface area contributed by atoms with Gasteiger partial charge in [-0.1, -0.05) is 6.07 Å². The summed E-state index contributed by atoms with van der Waals surface area (Å²) in [6.45, 7) is -1.38. The molecule has 0 saturated carbocycles. The first-order valence-corrected chi connectivity index (χ1v) is 9.24. The number of esters is 1. The van der Waals surface area contributed by atoms with Crippen molar-refractivity contribution in [3.63, 3.8) is 0 Å². The molecule has 3 rings (SSSR count). The van der Waals surface area contributed by atoms with Gasteiger partial charge in [0, 0.05) is 24.1 Å².